The average molecular weight is 311 g/mol. The predicted octanol–water partition coefficient (Wildman–Crippen LogP) is 1.54. The SMILES string of the molecule is Cc1cc(N)ccc1S(=O)(=O)N(C)CC1CCN(C)CC1. The predicted molar refractivity (Wildman–Crippen MR) is 85.6 cm³/mol. The maximum Gasteiger partial charge on any atom is 0.243 e. The van der Waals surface area contributed by atoms with Crippen molar-refractivity contribution in [2.75, 3.05) is 39.5 Å². The van der Waals surface area contributed by atoms with Gasteiger partial charge >= 0.3 is 0 Å². The highest BCUT2D eigenvalue weighted by Gasteiger charge is 2.26. The zero-order valence-corrected chi connectivity index (χ0v) is 13.9. The van der Waals surface area contributed by atoms with Crippen molar-refractivity contribution in [3.05, 3.63) is 23.8 Å². The second-order valence-corrected chi connectivity index (χ2v) is 8.07. The topological polar surface area (TPSA) is 66.6 Å². The molecule has 1 heterocycles. The maximum absolute atomic E-state index is 12.7. The van der Waals surface area contributed by atoms with Crippen LogP contribution in [0.25, 0.3) is 0 Å². The molecule has 0 atom stereocenters. The first-order valence-corrected chi connectivity index (χ1v) is 8.75. The Balaban J connectivity index is 2.11. The molecule has 0 spiro atoms. The van der Waals surface area contributed by atoms with Gasteiger partial charge in [0.05, 0.1) is 4.90 Å². The summed E-state index contributed by atoms with van der Waals surface area (Å²) in [6.45, 7) is 4.45. The van der Waals surface area contributed by atoms with Gasteiger partial charge in [-0.1, -0.05) is 0 Å². The molecule has 0 aromatic heterocycles. The van der Waals surface area contributed by atoms with Crippen LogP contribution in [0.4, 0.5) is 5.69 Å². The molecule has 21 heavy (non-hydrogen) atoms. The largest absolute Gasteiger partial charge is 0.399 e. The minimum Gasteiger partial charge on any atom is -0.399 e. The second-order valence-electron chi connectivity index (χ2n) is 6.06. The molecule has 2 rings (SSSR count). The summed E-state index contributed by atoms with van der Waals surface area (Å²) in [6, 6.07) is 4.95. The van der Waals surface area contributed by atoms with Gasteiger partial charge < -0.3 is 10.6 Å². The lowest BCUT2D eigenvalue weighted by atomic mass is 9.97. The third kappa shape index (κ3) is 3.75. The standard InChI is InChI=1S/C15H25N3O2S/c1-12-10-14(16)4-5-15(12)21(19,20)18(3)11-13-6-8-17(2)9-7-13/h4-5,10,13H,6-9,11,16H2,1-3H3. The van der Waals surface area contributed by atoms with Gasteiger partial charge in [0.2, 0.25) is 10.0 Å². The van der Waals surface area contributed by atoms with Gasteiger partial charge in [0, 0.05) is 19.3 Å². The lowest BCUT2D eigenvalue weighted by molar-refractivity contribution is 0.202. The molecule has 5 nitrogen and oxygen atoms in total. The van der Waals surface area contributed by atoms with Gasteiger partial charge in [-0.2, -0.15) is 0 Å². The Morgan fingerprint density at radius 2 is 1.95 bits per heavy atom. The average Bonchev–Trinajstić information content (AvgIpc) is 2.40. The molecule has 0 unspecified atom stereocenters. The number of likely N-dealkylation sites (tertiary alicyclic amines) is 1. The number of hydrogen-bond acceptors (Lipinski definition) is 4. The van der Waals surface area contributed by atoms with Crippen LogP contribution in [-0.2, 0) is 10.0 Å². The van der Waals surface area contributed by atoms with Crippen LogP contribution in [0.1, 0.15) is 18.4 Å². The number of anilines is 1. The third-order valence-electron chi connectivity index (χ3n) is 4.24. The molecular formula is C15H25N3O2S. The number of hydrogen-bond donors (Lipinski definition) is 1. The van der Waals surface area contributed by atoms with E-state index in [-0.39, 0.29) is 0 Å². The highest BCUT2D eigenvalue weighted by Crippen LogP contribution is 2.24. The molecule has 1 aliphatic rings. The maximum atomic E-state index is 12.7. The van der Waals surface area contributed by atoms with Crippen molar-refractivity contribution < 1.29 is 8.42 Å². The second kappa shape index (κ2) is 6.34. The van der Waals surface area contributed by atoms with Crippen LogP contribution in [0, 0.1) is 12.8 Å². The molecule has 0 radical (unpaired) electrons. The van der Waals surface area contributed by atoms with Crippen LogP contribution in [0.2, 0.25) is 0 Å². The van der Waals surface area contributed by atoms with Crippen molar-refractivity contribution in [3.8, 4) is 0 Å². The number of aryl methyl sites for hydroxylation is 1. The van der Waals surface area contributed by atoms with Crippen LogP contribution in [0.15, 0.2) is 23.1 Å². The first-order valence-electron chi connectivity index (χ1n) is 7.31. The monoisotopic (exact) mass is 311 g/mol. The molecule has 118 valence electrons. The molecule has 1 aromatic carbocycles. The van der Waals surface area contributed by atoms with E-state index >= 15 is 0 Å². The lowest BCUT2D eigenvalue weighted by Crippen LogP contribution is -2.38. The Hall–Kier alpha value is -1.11. The summed E-state index contributed by atoms with van der Waals surface area (Å²) in [5.74, 6) is 0.440. The van der Waals surface area contributed by atoms with E-state index in [2.05, 4.69) is 11.9 Å². The molecule has 2 N–H and O–H groups in total. The van der Waals surface area contributed by atoms with Crippen LogP contribution >= 0.6 is 0 Å². The van der Waals surface area contributed by atoms with Gasteiger partial charge in [0.1, 0.15) is 0 Å². The van der Waals surface area contributed by atoms with E-state index in [9.17, 15) is 8.42 Å². The van der Waals surface area contributed by atoms with Crippen molar-refractivity contribution in [2.45, 2.75) is 24.7 Å². The summed E-state index contributed by atoms with van der Waals surface area (Å²) in [6.07, 6.45) is 2.11. The number of nitrogens with zero attached hydrogens (tertiary/aromatic N) is 2. The Morgan fingerprint density at radius 1 is 1.33 bits per heavy atom. The number of benzene rings is 1. The van der Waals surface area contributed by atoms with Crippen molar-refractivity contribution in [2.24, 2.45) is 5.92 Å². The molecule has 0 bridgehead atoms. The zero-order chi connectivity index (χ0) is 15.6. The molecule has 1 saturated heterocycles. The Bertz CT molecular complexity index is 593. The van der Waals surface area contributed by atoms with E-state index in [1.165, 1.54) is 4.31 Å². The molecule has 1 aliphatic heterocycles. The quantitative estimate of drug-likeness (QED) is 0.857. The lowest BCUT2D eigenvalue weighted by Gasteiger charge is -2.31. The van der Waals surface area contributed by atoms with Gasteiger partial charge in [-0.3, -0.25) is 0 Å². The summed E-state index contributed by atoms with van der Waals surface area (Å²) >= 11 is 0. The van der Waals surface area contributed by atoms with Gasteiger partial charge in [-0.25, -0.2) is 12.7 Å². The first-order chi connectivity index (χ1) is 9.80. The van der Waals surface area contributed by atoms with Crippen LogP contribution in [0.5, 0.6) is 0 Å². The van der Waals surface area contributed by atoms with Crippen molar-refractivity contribution in [1.29, 1.82) is 0 Å². The van der Waals surface area contributed by atoms with Crippen LogP contribution in [0.3, 0.4) is 0 Å². The third-order valence-corrected chi connectivity index (χ3v) is 6.22. The fourth-order valence-corrected chi connectivity index (χ4v) is 4.28. The number of nitrogen functional groups attached to an aromatic ring is 1. The van der Waals surface area contributed by atoms with Gasteiger partial charge in [0.15, 0.2) is 0 Å². The van der Waals surface area contributed by atoms with E-state index < -0.39 is 10.0 Å². The Kier molecular flexibility index (Phi) is 4.91. The number of rotatable bonds is 4. The molecule has 6 heteroatoms. The molecule has 0 amide bonds. The first kappa shape index (κ1) is 16.3. The van der Waals surface area contributed by atoms with Gasteiger partial charge in [-0.05, 0) is 69.6 Å². The summed E-state index contributed by atoms with van der Waals surface area (Å²) in [5, 5.41) is 0. The summed E-state index contributed by atoms with van der Waals surface area (Å²) < 4.78 is 26.8. The van der Waals surface area contributed by atoms with Gasteiger partial charge in [0.25, 0.3) is 0 Å². The normalized spacial score (nSPS) is 18.3. The Morgan fingerprint density at radius 3 is 2.52 bits per heavy atom. The fraction of sp³-hybridized carbons (Fsp3) is 0.600. The fourth-order valence-electron chi connectivity index (χ4n) is 2.84. The minimum atomic E-state index is -3.44. The molecule has 1 aromatic rings. The molecular weight excluding hydrogens is 286 g/mol. The highest BCUT2D eigenvalue weighted by molar-refractivity contribution is 7.89. The summed E-state index contributed by atoms with van der Waals surface area (Å²) in [5.41, 5.74) is 6.98. The smallest absolute Gasteiger partial charge is 0.243 e. The van der Waals surface area contributed by atoms with E-state index in [0.717, 1.165) is 25.9 Å². The number of nitrogens with two attached hydrogens (primary N) is 1. The molecule has 0 aliphatic carbocycles. The van der Waals surface area contributed by atoms with Crippen LogP contribution < -0.4 is 5.73 Å². The number of sulfonamides is 1. The van der Waals surface area contributed by atoms with Crippen molar-refractivity contribution in [1.82, 2.24) is 9.21 Å². The van der Waals surface area contributed by atoms with E-state index in [0.29, 0.717) is 28.6 Å². The van der Waals surface area contributed by atoms with Crippen molar-refractivity contribution >= 4 is 15.7 Å². The molecule has 1 fully saturated rings. The van der Waals surface area contributed by atoms with Crippen molar-refractivity contribution in [3.63, 3.8) is 0 Å². The van der Waals surface area contributed by atoms with E-state index in [1.807, 2.05) is 0 Å². The van der Waals surface area contributed by atoms with E-state index in [4.69, 9.17) is 5.73 Å². The van der Waals surface area contributed by atoms with Gasteiger partial charge in [-0.15, -0.1) is 0 Å². The summed E-state index contributed by atoms with van der Waals surface area (Å²) in [4.78, 5) is 2.64. The van der Waals surface area contributed by atoms with E-state index in [1.54, 1.807) is 32.2 Å². The minimum absolute atomic E-state index is 0.354. The molecule has 0 saturated carbocycles. The van der Waals surface area contributed by atoms with Crippen LogP contribution in [-0.4, -0.2) is 51.4 Å². The summed E-state index contributed by atoms with van der Waals surface area (Å²) in [7, 11) is 0.341. The zero-order valence-electron chi connectivity index (χ0n) is 13.0. The number of piperidine rings is 1. The highest BCUT2D eigenvalue weighted by atomic mass is 32.2. The Labute approximate surface area is 127 Å².